The number of amides is 2. The number of nitrogens with one attached hydrogen (secondary N) is 1. The minimum atomic E-state index is -0.0485. The van der Waals surface area contributed by atoms with Gasteiger partial charge in [0.15, 0.2) is 0 Å². The number of carbonyl (C=O) groups excluding carboxylic acids is 2. The van der Waals surface area contributed by atoms with E-state index in [2.05, 4.69) is 5.32 Å². The van der Waals surface area contributed by atoms with E-state index in [1.54, 1.807) is 11.3 Å². The molecule has 7 heteroatoms. The molecule has 2 amide bonds. The smallest absolute Gasteiger partial charge is 0.264 e. The number of thiophene rings is 1. The molecule has 1 fully saturated rings. The highest BCUT2D eigenvalue weighted by molar-refractivity contribution is 7.14. The molecule has 1 N–H and O–H groups in total. The van der Waals surface area contributed by atoms with Gasteiger partial charge in [0.05, 0.1) is 18.1 Å². The fourth-order valence-corrected chi connectivity index (χ4v) is 5.14. The van der Waals surface area contributed by atoms with Crippen LogP contribution in [0.15, 0.2) is 30.3 Å². The maximum atomic E-state index is 12.7. The number of morpholine rings is 1. The van der Waals surface area contributed by atoms with Crippen molar-refractivity contribution >= 4 is 34.8 Å². The summed E-state index contributed by atoms with van der Waals surface area (Å²) in [6.07, 6.45) is 2.37. The predicted molar refractivity (Wildman–Crippen MR) is 110 cm³/mol. The lowest BCUT2D eigenvalue weighted by Gasteiger charge is -2.26. The van der Waals surface area contributed by atoms with Gasteiger partial charge in [-0.2, -0.15) is 0 Å². The number of carbonyl (C=O) groups is 2. The third kappa shape index (κ3) is 4.40. The van der Waals surface area contributed by atoms with Crippen molar-refractivity contribution < 1.29 is 14.3 Å². The summed E-state index contributed by atoms with van der Waals surface area (Å²) < 4.78 is 5.33. The molecule has 148 valence electrons. The van der Waals surface area contributed by atoms with Crippen molar-refractivity contribution in [3.8, 4) is 0 Å². The van der Waals surface area contributed by atoms with E-state index in [1.807, 2.05) is 35.2 Å². The second-order valence-electron chi connectivity index (χ2n) is 7.25. The van der Waals surface area contributed by atoms with Gasteiger partial charge < -0.3 is 15.0 Å². The Morgan fingerprint density at radius 1 is 1.25 bits per heavy atom. The molecule has 0 radical (unpaired) electrons. The number of aryl methyl sites for hydroxylation is 1. The van der Waals surface area contributed by atoms with E-state index in [9.17, 15) is 9.59 Å². The van der Waals surface area contributed by atoms with Gasteiger partial charge in [0.25, 0.3) is 5.91 Å². The number of ether oxygens (including phenoxy) is 1. The summed E-state index contributed by atoms with van der Waals surface area (Å²) in [6.45, 7) is 2.98. The first-order chi connectivity index (χ1) is 13.6. The lowest BCUT2D eigenvalue weighted by molar-refractivity contribution is -0.125. The normalized spacial score (nSPS) is 19.2. The number of halogens is 1. The second-order valence-corrected chi connectivity index (χ2v) is 8.82. The van der Waals surface area contributed by atoms with Gasteiger partial charge in [-0.05, 0) is 48.6 Å². The zero-order valence-electron chi connectivity index (χ0n) is 15.6. The maximum Gasteiger partial charge on any atom is 0.264 e. The van der Waals surface area contributed by atoms with Gasteiger partial charge in [0.2, 0.25) is 5.91 Å². The number of hydrogen-bond donors (Lipinski definition) is 1. The van der Waals surface area contributed by atoms with Crippen molar-refractivity contribution in [1.29, 1.82) is 0 Å². The van der Waals surface area contributed by atoms with E-state index >= 15 is 0 Å². The van der Waals surface area contributed by atoms with Crippen LogP contribution in [0.5, 0.6) is 0 Å². The number of fused-ring (bicyclic) bond motifs is 1. The molecule has 2 heterocycles. The SMILES string of the molecule is O=C(NCc1cccc(Cl)c1)C1CCc2sc(C(=O)N3CCOCC3)cc2C1. The van der Waals surface area contributed by atoms with Crippen LogP contribution in [0.1, 0.15) is 32.1 Å². The molecule has 4 rings (SSSR count). The Labute approximate surface area is 173 Å². The average molecular weight is 419 g/mol. The largest absolute Gasteiger partial charge is 0.378 e. The monoisotopic (exact) mass is 418 g/mol. The number of benzene rings is 1. The van der Waals surface area contributed by atoms with Gasteiger partial charge in [0, 0.05) is 35.5 Å². The molecule has 0 saturated carbocycles. The molecule has 1 aliphatic carbocycles. The molecular formula is C21H23ClN2O3S. The molecule has 1 aromatic carbocycles. The Morgan fingerprint density at radius 3 is 2.86 bits per heavy atom. The topological polar surface area (TPSA) is 58.6 Å². The minimum absolute atomic E-state index is 0.0485. The fraction of sp³-hybridized carbons (Fsp3) is 0.429. The standard InChI is InChI=1S/C21H23ClN2O3S/c22-17-3-1-2-14(10-17)13-23-20(25)15-4-5-18-16(11-15)12-19(28-18)21(26)24-6-8-27-9-7-24/h1-3,10,12,15H,4-9,11,13H2,(H,23,25). The van der Waals surface area contributed by atoms with Crippen molar-refractivity contribution in [2.75, 3.05) is 26.3 Å². The molecule has 5 nitrogen and oxygen atoms in total. The molecule has 0 spiro atoms. The lowest BCUT2D eigenvalue weighted by atomic mass is 9.87. The predicted octanol–water partition coefficient (Wildman–Crippen LogP) is 3.30. The summed E-state index contributed by atoms with van der Waals surface area (Å²) in [5, 5.41) is 3.70. The van der Waals surface area contributed by atoms with Crippen molar-refractivity contribution in [1.82, 2.24) is 10.2 Å². The van der Waals surface area contributed by atoms with Gasteiger partial charge >= 0.3 is 0 Å². The van der Waals surface area contributed by atoms with Crippen molar-refractivity contribution in [3.63, 3.8) is 0 Å². The van der Waals surface area contributed by atoms with Crippen LogP contribution in [0.4, 0.5) is 0 Å². The third-order valence-electron chi connectivity index (χ3n) is 5.32. The first-order valence-electron chi connectivity index (χ1n) is 9.61. The zero-order chi connectivity index (χ0) is 19.5. The second kappa shape index (κ2) is 8.64. The van der Waals surface area contributed by atoms with Gasteiger partial charge in [-0.1, -0.05) is 23.7 Å². The molecule has 1 unspecified atom stereocenters. The van der Waals surface area contributed by atoms with Crippen LogP contribution in [0.2, 0.25) is 5.02 Å². The first-order valence-corrected chi connectivity index (χ1v) is 10.8. The van der Waals surface area contributed by atoms with Crippen LogP contribution in [0.25, 0.3) is 0 Å². The molecule has 0 bridgehead atoms. The highest BCUT2D eigenvalue weighted by Gasteiger charge is 2.28. The van der Waals surface area contributed by atoms with Crippen LogP contribution in [0, 0.1) is 5.92 Å². The zero-order valence-corrected chi connectivity index (χ0v) is 17.2. The Balaban J connectivity index is 1.37. The lowest BCUT2D eigenvalue weighted by Crippen LogP contribution is -2.40. The first kappa shape index (κ1) is 19.4. The quantitative estimate of drug-likeness (QED) is 0.828. The average Bonchev–Trinajstić information content (AvgIpc) is 3.15. The number of rotatable bonds is 4. The summed E-state index contributed by atoms with van der Waals surface area (Å²) in [7, 11) is 0. The van der Waals surface area contributed by atoms with Crippen LogP contribution >= 0.6 is 22.9 Å². The molecule has 1 saturated heterocycles. The Kier molecular flexibility index (Phi) is 5.99. The highest BCUT2D eigenvalue weighted by atomic mass is 35.5. The van der Waals surface area contributed by atoms with E-state index in [1.165, 1.54) is 4.88 Å². The number of hydrogen-bond acceptors (Lipinski definition) is 4. The Morgan fingerprint density at radius 2 is 2.07 bits per heavy atom. The van der Waals surface area contributed by atoms with Crippen molar-refractivity contribution in [2.24, 2.45) is 5.92 Å². The van der Waals surface area contributed by atoms with Crippen LogP contribution < -0.4 is 5.32 Å². The van der Waals surface area contributed by atoms with E-state index in [0.717, 1.165) is 28.8 Å². The molecule has 2 aromatic rings. The third-order valence-corrected chi connectivity index (χ3v) is 6.78. The summed E-state index contributed by atoms with van der Waals surface area (Å²) >= 11 is 7.58. The van der Waals surface area contributed by atoms with Gasteiger partial charge in [-0.3, -0.25) is 9.59 Å². The highest BCUT2D eigenvalue weighted by Crippen LogP contribution is 2.33. The Hall–Kier alpha value is -1.89. The van der Waals surface area contributed by atoms with Crippen molar-refractivity contribution in [2.45, 2.75) is 25.8 Å². The van der Waals surface area contributed by atoms with Crippen molar-refractivity contribution in [3.05, 3.63) is 56.2 Å². The molecule has 2 aliphatic rings. The molecule has 1 atom stereocenters. The molecule has 1 aliphatic heterocycles. The molecule has 1 aromatic heterocycles. The summed E-state index contributed by atoms with van der Waals surface area (Å²) in [4.78, 5) is 29.2. The van der Waals surface area contributed by atoms with Crippen LogP contribution in [-0.2, 0) is 28.9 Å². The van der Waals surface area contributed by atoms with E-state index < -0.39 is 0 Å². The van der Waals surface area contributed by atoms with Crippen LogP contribution in [0.3, 0.4) is 0 Å². The van der Waals surface area contributed by atoms with Crippen LogP contribution in [-0.4, -0.2) is 43.0 Å². The van der Waals surface area contributed by atoms with E-state index in [-0.39, 0.29) is 17.7 Å². The maximum absolute atomic E-state index is 12.7. The van der Waals surface area contributed by atoms with Gasteiger partial charge in [-0.15, -0.1) is 11.3 Å². The van der Waals surface area contributed by atoms with E-state index in [4.69, 9.17) is 16.3 Å². The molecular weight excluding hydrogens is 396 g/mol. The molecule has 28 heavy (non-hydrogen) atoms. The summed E-state index contributed by atoms with van der Waals surface area (Å²) in [5.74, 6) is 0.107. The van der Waals surface area contributed by atoms with Gasteiger partial charge in [0.1, 0.15) is 0 Å². The van der Waals surface area contributed by atoms with Gasteiger partial charge in [-0.25, -0.2) is 0 Å². The Bertz CT molecular complexity index is 876. The summed E-state index contributed by atoms with van der Waals surface area (Å²) in [5.41, 5.74) is 2.14. The minimum Gasteiger partial charge on any atom is -0.378 e. The van der Waals surface area contributed by atoms with E-state index in [0.29, 0.717) is 44.3 Å². The number of nitrogens with zero attached hydrogens (tertiary/aromatic N) is 1. The summed E-state index contributed by atoms with van der Waals surface area (Å²) in [6, 6.07) is 9.52. The fourth-order valence-electron chi connectivity index (χ4n) is 3.76.